The molecule has 2 aromatic carbocycles. The smallest absolute Gasteiger partial charge is 0.358 e. The molecule has 0 aliphatic rings. The third-order valence-corrected chi connectivity index (χ3v) is 4.88. The van der Waals surface area contributed by atoms with Gasteiger partial charge in [-0.15, -0.1) is 11.3 Å². The zero-order valence-electron chi connectivity index (χ0n) is 15.2. The molecule has 0 unspecified atom stereocenters. The van der Waals surface area contributed by atoms with Gasteiger partial charge in [-0.2, -0.15) is 0 Å². The molecule has 1 amide bonds. The van der Waals surface area contributed by atoms with Gasteiger partial charge in [0.1, 0.15) is 5.01 Å². The number of esters is 1. The molecule has 6 heteroatoms. The van der Waals surface area contributed by atoms with Gasteiger partial charge in [-0.05, 0) is 31.0 Å². The second-order valence-electron chi connectivity index (χ2n) is 6.08. The first-order chi connectivity index (χ1) is 13.0. The van der Waals surface area contributed by atoms with Crippen molar-refractivity contribution in [2.24, 2.45) is 0 Å². The van der Waals surface area contributed by atoms with E-state index in [0.29, 0.717) is 5.69 Å². The zero-order valence-corrected chi connectivity index (χ0v) is 16.0. The number of benzene rings is 2. The van der Waals surface area contributed by atoms with E-state index in [1.165, 1.54) is 16.9 Å². The second kappa shape index (κ2) is 8.60. The van der Waals surface area contributed by atoms with Gasteiger partial charge in [0.2, 0.25) is 0 Å². The third kappa shape index (κ3) is 5.01. The van der Waals surface area contributed by atoms with Crippen molar-refractivity contribution < 1.29 is 14.3 Å². The number of rotatable bonds is 6. The first-order valence-corrected chi connectivity index (χ1v) is 9.51. The first-order valence-electron chi connectivity index (χ1n) is 8.63. The zero-order chi connectivity index (χ0) is 19.2. The molecule has 3 rings (SSSR count). The maximum atomic E-state index is 12.1. The van der Waals surface area contributed by atoms with Gasteiger partial charge in [0.05, 0.1) is 0 Å². The van der Waals surface area contributed by atoms with Crippen molar-refractivity contribution >= 4 is 28.9 Å². The molecule has 3 aromatic rings. The number of nitrogens with zero attached hydrogens (tertiary/aromatic N) is 1. The van der Waals surface area contributed by atoms with Crippen LogP contribution in [-0.2, 0) is 16.0 Å². The van der Waals surface area contributed by atoms with E-state index in [1.807, 2.05) is 55.5 Å². The molecule has 0 radical (unpaired) electrons. The fourth-order valence-corrected chi connectivity index (χ4v) is 3.22. The average Bonchev–Trinajstić information content (AvgIpc) is 3.17. The molecule has 0 fully saturated rings. The largest absolute Gasteiger partial charge is 0.451 e. The van der Waals surface area contributed by atoms with E-state index in [4.69, 9.17) is 4.74 Å². The van der Waals surface area contributed by atoms with Crippen molar-refractivity contribution in [2.75, 3.05) is 11.9 Å². The number of aryl methyl sites for hydroxylation is 2. The Balaban J connectivity index is 1.54. The van der Waals surface area contributed by atoms with Crippen molar-refractivity contribution in [3.05, 3.63) is 70.7 Å². The summed E-state index contributed by atoms with van der Waals surface area (Å²) in [4.78, 5) is 28.4. The number of ether oxygens (including phenoxy) is 1. The van der Waals surface area contributed by atoms with E-state index in [-0.39, 0.29) is 18.2 Å². The molecule has 1 aromatic heterocycles. The number of thiazole rings is 1. The number of amides is 1. The van der Waals surface area contributed by atoms with Crippen LogP contribution in [0.1, 0.15) is 28.5 Å². The minimum atomic E-state index is -0.610. The Bertz CT molecular complexity index is 931. The fourth-order valence-electron chi connectivity index (χ4n) is 2.42. The van der Waals surface area contributed by atoms with Gasteiger partial charge in [0.25, 0.3) is 5.91 Å². The van der Waals surface area contributed by atoms with Gasteiger partial charge in [-0.25, -0.2) is 9.78 Å². The van der Waals surface area contributed by atoms with Crippen LogP contribution < -0.4 is 5.32 Å². The first kappa shape index (κ1) is 18.8. The van der Waals surface area contributed by atoms with Crippen LogP contribution in [0.15, 0.2) is 53.9 Å². The number of anilines is 1. The summed E-state index contributed by atoms with van der Waals surface area (Å²) < 4.78 is 5.07. The summed E-state index contributed by atoms with van der Waals surface area (Å²) >= 11 is 1.36. The van der Waals surface area contributed by atoms with E-state index in [1.54, 1.807) is 5.38 Å². The molecular weight excluding hydrogens is 360 g/mol. The van der Waals surface area contributed by atoms with Crippen LogP contribution in [0.25, 0.3) is 10.6 Å². The third-order valence-electron chi connectivity index (χ3n) is 3.99. The molecule has 0 bridgehead atoms. The highest BCUT2D eigenvalue weighted by atomic mass is 32.1. The molecular formula is C21H20N2O3S. The quantitative estimate of drug-likeness (QED) is 0.641. The van der Waals surface area contributed by atoms with Crippen LogP contribution in [0.2, 0.25) is 0 Å². The van der Waals surface area contributed by atoms with Crippen molar-refractivity contribution in [3.63, 3.8) is 0 Å². The summed E-state index contributed by atoms with van der Waals surface area (Å²) in [5.74, 6) is -0.998. The Morgan fingerprint density at radius 3 is 2.44 bits per heavy atom. The summed E-state index contributed by atoms with van der Waals surface area (Å²) in [5.41, 5.74) is 4.16. The standard InChI is InChI=1S/C21H20N2O3S/c1-3-15-6-10-17(11-7-15)22-19(24)12-26-21(25)18-13-27-20(23-18)16-8-4-14(2)5-9-16/h4-11,13H,3,12H2,1-2H3,(H,22,24). The Hall–Kier alpha value is -2.99. The van der Waals surface area contributed by atoms with Crippen molar-refractivity contribution in [1.82, 2.24) is 4.98 Å². The van der Waals surface area contributed by atoms with Gasteiger partial charge in [0.15, 0.2) is 12.3 Å². The summed E-state index contributed by atoms with van der Waals surface area (Å²) in [6.07, 6.45) is 0.935. The summed E-state index contributed by atoms with van der Waals surface area (Å²) in [6, 6.07) is 15.5. The molecule has 138 valence electrons. The molecule has 0 saturated carbocycles. The average molecular weight is 380 g/mol. The lowest BCUT2D eigenvalue weighted by Gasteiger charge is -2.06. The fraction of sp³-hybridized carbons (Fsp3) is 0.190. The van der Waals surface area contributed by atoms with Crippen LogP contribution in [0.4, 0.5) is 5.69 Å². The van der Waals surface area contributed by atoms with Gasteiger partial charge < -0.3 is 10.1 Å². The summed E-state index contributed by atoms with van der Waals surface area (Å²) in [7, 11) is 0. The maximum absolute atomic E-state index is 12.1. The number of nitrogens with one attached hydrogen (secondary N) is 1. The van der Waals surface area contributed by atoms with Crippen LogP contribution in [-0.4, -0.2) is 23.5 Å². The van der Waals surface area contributed by atoms with Crippen LogP contribution >= 0.6 is 11.3 Å². The Labute approximate surface area is 162 Å². The van der Waals surface area contributed by atoms with Crippen LogP contribution in [0.3, 0.4) is 0 Å². The molecule has 0 spiro atoms. The molecule has 1 heterocycles. The SMILES string of the molecule is CCc1ccc(NC(=O)COC(=O)c2csc(-c3ccc(C)cc3)n2)cc1. The Kier molecular flexibility index (Phi) is 5.98. The Morgan fingerprint density at radius 2 is 1.78 bits per heavy atom. The molecule has 0 aliphatic heterocycles. The normalized spacial score (nSPS) is 10.4. The van der Waals surface area contributed by atoms with E-state index in [0.717, 1.165) is 22.6 Å². The van der Waals surface area contributed by atoms with E-state index >= 15 is 0 Å². The number of carbonyl (C=O) groups is 2. The highest BCUT2D eigenvalue weighted by Gasteiger charge is 2.15. The molecule has 0 atom stereocenters. The monoisotopic (exact) mass is 380 g/mol. The van der Waals surface area contributed by atoms with E-state index in [2.05, 4.69) is 17.2 Å². The lowest BCUT2D eigenvalue weighted by Crippen LogP contribution is -2.21. The highest BCUT2D eigenvalue weighted by molar-refractivity contribution is 7.13. The predicted molar refractivity (Wildman–Crippen MR) is 107 cm³/mol. The topological polar surface area (TPSA) is 68.3 Å². The molecule has 5 nitrogen and oxygen atoms in total. The van der Waals surface area contributed by atoms with Gasteiger partial charge in [-0.1, -0.05) is 48.9 Å². The predicted octanol–water partition coefficient (Wildman–Crippen LogP) is 4.48. The van der Waals surface area contributed by atoms with Crippen molar-refractivity contribution in [3.8, 4) is 10.6 Å². The summed E-state index contributed by atoms with van der Waals surface area (Å²) in [6.45, 7) is 3.72. The molecule has 0 saturated heterocycles. The maximum Gasteiger partial charge on any atom is 0.358 e. The van der Waals surface area contributed by atoms with Crippen LogP contribution in [0, 0.1) is 6.92 Å². The van der Waals surface area contributed by atoms with Gasteiger partial charge >= 0.3 is 5.97 Å². The number of aromatic nitrogens is 1. The van der Waals surface area contributed by atoms with Gasteiger partial charge in [0, 0.05) is 16.6 Å². The second-order valence-corrected chi connectivity index (χ2v) is 6.94. The number of hydrogen-bond donors (Lipinski definition) is 1. The molecule has 27 heavy (non-hydrogen) atoms. The van der Waals surface area contributed by atoms with Crippen molar-refractivity contribution in [1.29, 1.82) is 0 Å². The van der Waals surface area contributed by atoms with E-state index in [9.17, 15) is 9.59 Å². The van der Waals surface area contributed by atoms with Crippen molar-refractivity contribution in [2.45, 2.75) is 20.3 Å². The summed E-state index contributed by atoms with van der Waals surface area (Å²) in [5, 5.41) is 5.08. The Morgan fingerprint density at radius 1 is 1.07 bits per heavy atom. The van der Waals surface area contributed by atoms with E-state index < -0.39 is 5.97 Å². The lowest BCUT2D eigenvalue weighted by molar-refractivity contribution is -0.119. The number of carbonyl (C=O) groups excluding carboxylic acids is 2. The lowest BCUT2D eigenvalue weighted by atomic mass is 10.1. The van der Waals surface area contributed by atoms with Gasteiger partial charge in [-0.3, -0.25) is 4.79 Å². The minimum Gasteiger partial charge on any atom is -0.451 e. The molecule has 0 aliphatic carbocycles. The van der Waals surface area contributed by atoms with Crippen LogP contribution in [0.5, 0.6) is 0 Å². The highest BCUT2D eigenvalue weighted by Crippen LogP contribution is 2.24. The number of hydrogen-bond acceptors (Lipinski definition) is 5. The molecule has 1 N–H and O–H groups in total. The minimum absolute atomic E-state index is 0.204.